The number of ketones is 1. The van der Waals surface area contributed by atoms with Crippen molar-refractivity contribution in [3.63, 3.8) is 0 Å². The van der Waals surface area contributed by atoms with Crippen molar-refractivity contribution < 1.29 is 14.3 Å². The molecule has 0 aromatic heterocycles. The number of carbonyl (C=O) groups is 2. The molecule has 1 aromatic carbocycles. The van der Waals surface area contributed by atoms with Crippen molar-refractivity contribution in [3.8, 4) is 0 Å². The largest absolute Gasteiger partial charge is 0.460 e. The molecule has 0 heterocycles. The molecule has 0 spiro atoms. The highest BCUT2D eigenvalue weighted by Gasteiger charge is 2.16. The summed E-state index contributed by atoms with van der Waals surface area (Å²) in [6.45, 7) is 1.72. The van der Waals surface area contributed by atoms with E-state index in [2.05, 4.69) is 18.4 Å². The second kappa shape index (κ2) is 10.2. The summed E-state index contributed by atoms with van der Waals surface area (Å²) in [6, 6.07) is 9.61. The van der Waals surface area contributed by atoms with Crippen molar-refractivity contribution in [1.29, 1.82) is 0 Å². The van der Waals surface area contributed by atoms with Gasteiger partial charge in [-0.05, 0) is 24.7 Å². The lowest BCUT2D eigenvalue weighted by Gasteiger charge is -2.18. The minimum absolute atomic E-state index is 0.0281. The van der Waals surface area contributed by atoms with Gasteiger partial charge < -0.3 is 15.4 Å². The molecule has 1 atom stereocenters. The van der Waals surface area contributed by atoms with Gasteiger partial charge in [0.05, 0.1) is 0 Å². The Morgan fingerprint density at radius 3 is 2.24 bits per heavy atom. The quantitative estimate of drug-likeness (QED) is 0.654. The number of Topliss-reactive ketones (excluding diaryl/α,β-unsaturated/α-hetero) is 1. The van der Waals surface area contributed by atoms with Gasteiger partial charge in [-0.3, -0.25) is 9.59 Å². The van der Waals surface area contributed by atoms with E-state index in [1.807, 2.05) is 30.3 Å². The molecule has 7 heteroatoms. The van der Waals surface area contributed by atoms with Crippen LogP contribution in [0.4, 0.5) is 4.79 Å². The van der Waals surface area contributed by atoms with E-state index in [9.17, 15) is 4.79 Å². The lowest BCUT2D eigenvalue weighted by atomic mass is 10.1. The Bertz CT molecular complexity index is 474. The topological polar surface area (TPSA) is 72.6 Å². The third-order valence-corrected chi connectivity index (χ3v) is 2.78. The minimum atomic E-state index is -0.639. The van der Waals surface area contributed by atoms with Gasteiger partial charge in [-0.15, -0.1) is 0 Å². The molecule has 0 fully saturated rings. The number of hydrogen-bond acceptors (Lipinski definition) is 4. The van der Waals surface area contributed by atoms with E-state index in [0.29, 0.717) is 11.6 Å². The summed E-state index contributed by atoms with van der Waals surface area (Å²) >= 11 is 8.09. The Kier molecular flexibility index (Phi) is 9.40. The molecule has 1 rings (SSSR count). The third kappa shape index (κ3) is 9.86. The molecule has 1 aromatic rings. The molecule has 0 saturated heterocycles. The van der Waals surface area contributed by atoms with Crippen molar-refractivity contribution >= 4 is 41.0 Å². The van der Waals surface area contributed by atoms with Gasteiger partial charge in [-0.25, -0.2) is 0 Å². The molecule has 21 heavy (non-hydrogen) atoms. The third-order valence-electron chi connectivity index (χ3n) is 2.32. The zero-order valence-electron chi connectivity index (χ0n) is 12.3. The first-order valence-corrected chi connectivity index (χ1v) is 7.02. The monoisotopic (exact) mass is 328 g/mol. The number of carbonyl (C=O) groups excluding carboxylic acids is 2. The second-order valence-corrected chi connectivity index (χ2v) is 5.18. The number of ether oxygens (including phenoxy) is 1. The molecule has 0 bridgehead atoms. The highest BCUT2D eigenvalue weighted by atomic mass is 32.1. The average molecular weight is 328 g/mol. The number of amides is 1. The van der Waals surface area contributed by atoms with E-state index in [4.69, 9.17) is 21.7 Å². The highest BCUT2D eigenvalue weighted by Crippen LogP contribution is 2.05. The number of nitrogens with zero attached hydrogens (tertiary/aromatic N) is 1. The average Bonchev–Trinajstić information content (AvgIpc) is 2.38. The summed E-state index contributed by atoms with van der Waals surface area (Å²) in [5.41, 5.74) is 5.33. The molecule has 5 nitrogen and oxygen atoms in total. The number of primary amides is 1. The number of hydrogen-bond donors (Lipinski definition) is 2. The van der Waals surface area contributed by atoms with Crippen molar-refractivity contribution in [3.05, 3.63) is 35.9 Å². The van der Waals surface area contributed by atoms with Crippen LogP contribution in [0.2, 0.25) is 0 Å². The van der Waals surface area contributed by atoms with Crippen molar-refractivity contribution in [2.24, 2.45) is 5.73 Å². The molecule has 2 N–H and O–H groups in total. The Morgan fingerprint density at radius 1 is 1.33 bits per heavy atom. The van der Waals surface area contributed by atoms with Gasteiger partial charge in [-0.1, -0.05) is 43.0 Å². The summed E-state index contributed by atoms with van der Waals surface area (Å²) in [4.78, 5) is 22.6. The zero-order valence-corrected chi connectivity index (χ0v) is 14.0. The summed E-state index contributed by atoms with van der Waals surface area (Å²) in [6.07, 6.45) is -0.136. The molecule has 116 valence electrons. The second-order valence-electron chi connectivity index (χ2n) is 4.39. The SMILES string of the molecule is CC(OC(=S)N(C)C)C(=O)Cc1ccccc1.NC(=O)S. The molecular formula is C14H20N2O3S2. The maximum atomic E-state index is 11.9. The van der Waals surface area contributed by atoms with E-state index in [1.165, 1.54) is 0 Å². The minimum Gasteiger partial charge on any atom is -0.460 e. The van der Waals surface area contributed by atoms with E-state index in [0.717, 1.165) is 5.56 Å². The number of rotatable bonds is 4. The Balaban J connectivity index is 0.000000885. The highest BCUT2D eigenvalue weighted by molar-refractivity contribution is 7.96. The smallest absolute Gasteiger partial charge is 0.273 e. The van der Waals surface area contributed by atoms with Crippen molar-refractivity contribution in [2.45, 2.75) is 19.4 Å². The normalized spacial score (nSPS) is 10.7. The maximum absolute atomic E-state index is 11.9. The molecule has 0 aliphatic heterocycles. The molecule has 1 unspecified atom stereocenters. The molecule has 1 amide bonds. The molecular weight excluding hydrogens is 308 g/mol. The summed E-state index contributed by atoms with van der Waals surface area (Å²) in [7, 11) is 3.58. The zero-order chi connectivity index (χ0) is 16.4. The number of nitrogens with two attached hydrogens (primary N) is 1. The van der Waals surface area contributed by atoms with E-state index in [1.54, 1.807) is 25.9 Å². The lowest BCUT2D eigenvalue weighted by molar-refractivity contribution is -0.125. The van der Waals surface area contributed by atoms with Gasteiger partial charge in [-0.2, -0.15) is 0 Å². The van der Waals surface area contributed by atoms with Crippen molar-refractivity contribution in [2.75, 3.05) is 14.1 Å². The Hall–Kier alpha value is -1.60. The first-order chi connectivity index (χ1) is 9.73. The predicted molar refractivity (Wildman–Crippen MR) is 90.6 cm³/mol. The molecule has 0 aliphatic carbocycles. The van der Waals surface area contributed by atoms with E-state index < -0.39 is 11.3 Å². The van der Waals surface area contributed by atoms with Gasteiger partial charge in [0, 0.05) is 20.5 Å². The van der Waals surface area contributed by atoms with E-state index in [-0.39, 0.29) is 5.78 Å². The fraction of sp³-hybridized carbons (Fsp3) is 0.357. The standard InChI is InChI=1S/C13H17NO2S.CH3NOS/c1-10(16-13(17)14(2)3)12(15)9-11-7-5-4-6-8-11;2-1(3)4/h4-8,10H,9H2,1-3H3;(H3,2,3,4). The number of benzene rings is 1. The number of thiol groups is 1. The van der Waals surface area contributed by atoms with Gasteiger partial charge >= 0.3 is 0 Å². The van der Waals surface area contributed by atoms with Crippen LogP contribution in [0, 0.1) is 0 Å². The van der Waals surface area contributed by atoms with Crippen LogP contribution in [-0.4, -0.2) is 41.3 Å². The number of thiocarbonyl (C=S) groups is 1. The Labute approximate surface area is 135 Å². The van der Waals surface area contributed by atoms with Crippen molar-refractivity contribution in [1.82, 2.24) is 4.90 Å². The van der Waals surface area contributed by atoms with Gasteiger partial charge in [0.15, 0.2) is 11.9 Å². The fourth-order valence-corrected chi connectivity index (χ4v) is 1.41. The van der Waals surface area contributed by atoms with Gasteiger partial charge in [0.2, 0.25) is 0 Å². The van der Waals surface area contributed by atoms with Crippen LogP contribution in [-0.2, 0) is 16.0 Å². The van der Waals surface area contributed by atoms with Crippen LogP contribution >= 0.6 is 24.8 Å². The van der Waals surface area contributed by atoms with Crippen LogP contribution < -0.4 is 5.73 Å². The van der Waals surface area contributed by atoms with E-state index >= 15 is 0 Å². The summed E-state index contributed by atoms with van der Waals surface area (Å²) < 4.78 is 5.35. The maximum Gasteiger partial charge on any atom is 0.273 e. The fourth-order valence-electron chi connectivity index (χ4n) is 1.26. The first-order valence-electron chi connectivity index (χ1n) is 6.17. The first kappa shape index (κ1) is 19.4. The summed E-state index contributed by atoms with van der Waals surface area (Å²) in [5.74, 6) is 0.0281. The molecule has 0 aliphatic rings. The Morgan fingerprint density at radius 2 is 1.81 bits per heavy atom. The predicted octanol–water partition coefficient (Wildman–Crippen LogP) is 2.04. The van der Waals surface area contributed by atoms with Crippen LogP contribution in [0.1, 0.15) is 12.5 Å². The van der Waals surface area contributed by atoms with Gasteiger partial charge in [0.25, 0.3) is 10.4 Å². The summed E-state index contributed by atoms with van der Waals surface area (Å²) in [5, 5.41) is -0.307. The van der Waals surface area contributed by atoms with Crippen LogP contribution in [0.3, 0.4) is 0 Å². The van der Waals surface area contributed by atoms with Crippen LogP contribution in [0.5, 0.6) is 0 Å². The van der Waals surface area contributed by atoms with Crippen LogP contribution in [0.25, 0.3) is 0 Å². The molecule has 0 saturated carbocycles. The van der Waals surface area contributed by atoms with Crippen LogP contribution in [0.15, 0.2) is 30.3 Å². The lowest BCUT2D eigenvalue weighted by Crippen LogP contribution is -2.31. The van der Waals surface area contributed by atoms with Gasteiger partial charge in [0.1, 0.15) is 0 Å². The molecule has 0 radical (unpaired) electrons.